The largest absolute Gasteiger partial charge is 0.295 e. The predicted octanol–water partition coefficient (Wildman–Crippen LogP) is 3.55. The summed E-state index contributed by atoms with van der Waals surface area (Å²) in [4.78, 5) is 5.98. The molecule has 1 aromatic carbocycles. The van der Waals surface area contributed by atoms with Crippen LogP contribution in [0.15, 0.2) is 42.7 Å². The maximum absolute atomic E-state index is 13.6. The highest BCUT2D eigenvalue weighted by molar-refractivity contribution is 5.19. The van der Waals surface area contributed by atoms with Crippen molar-refractivity contribution in [1.29, 1.82) is 0 Å². The third-order valence-corrected chi connectivity index (χ3v) is 3.28. The van der Waals surface area contributed by atoms with Crippen LogP contribution in [0.3, 0.4) is 0 Å². The average molecular weight is 262 g/mol. The summed E-state index contributed by atoms with van der Waals surface area (Å²) in [6.45, 7) is 2.46. The second-order valence-corrected chi connectivity index (χ2v) is 4.61. The van der Waals surface area contributed by atoms with Crippen molar-refractivity contribution >= 4 is 0 Å². The lowest BCUT2D eigenvalue weighted by Gasteiger charge is -2.25. The Balaban J connectivity index is 2.10. The summed E-state index contributed by atoms with van der Waals surface area (Å²) in [6.07, 6.45) is 3.47. The number of halogens is 2. The maximum atomic E-state index is 13.6. The minimum absolute atomic E-state index is 0.132. The molecule has 2 nitrogen and oxygen atoms in total. The number of rotatable bonds is 4. The summed E-state index contributed by atoms with van der Waals surface area (Å²) in [5.41, 5.74) is 1.60. The topological polar surface area (TPSA) is 16.1 Å². The summed E-state index contributed by atoms with van der Waals surface area (Å²) >= 11 is 0. The molecular weight excluding hydrogens is 246 g/mol. The van der Waals surface area contributed by atoms with Crippen LogP contribution in [-0.2, 0) is 6.54 Å². The zero-order valence-corrected chi connectivity index (χ0v) is 11.0. The molecule has 0 bridgehead atoms. The molecule has 100 valence electrons. The molecule has 2 aromatic rings. The van der Waals surface area contributed by atoms with Crippen LogP contribution in [0.4, 0.5) is 8.78 Å². The van der Waals surface area contributed by atoms with Crippen molar-refractivity contribution in [3.05, 3.63) is 65.5 Å². The second-order valence-electron chi connectivity index (χ2n) is 4.61. The molecule has 1 atom stereocenters. The summed E-state index contributed by atoms with van der Waals surface area (Å²) in [6, 6.07) is 7.68. The van der Waals surface area contributed by atoms with Gasteiger partial charge in [-0.2, -0.15) is 0 Å². The molecule has 0 spiro atoms. The van der Waals surface area contributed by atoms with Crippen molar-refractivity contribution in [3.63, 3.8) is 0 Å². The number of hydrogen-bond acceptors (Lipinski definition) is 2. The lowest BCUT2D eigenvalue weighted by atomic mass is 10.1. The van der Waals surface area contributed by atoms with Crippen molar-refractivity contribution < 1.29 is 8.78 Å². The molecule has 0 aliphatic rings. The molecule has 1 heterocycles. The lowest BCUT2D eigenvalue weighted by Crippen LogP contribution is -2.22. The van der Waals surface area contributed by atoms with E-state index in [-0.39, 0.29) is 6.04 Å². The van der Waals surface area contributed by atoms with Crippen LogP contribution in [0.1, 0.15) is 24.1 Å². The highest BCUT2D eigenvalue weighted by Gasteiger charge is 2.13. The van der Waals surface area contributed by atoms with Gasteiger partial charge in [-0.15, -0.1) is 0 Å². The van der Waals surface area contributed by atoms with E-state index in [9.17, 15) is 8.78 Å². The fraction of sp³-hybridized carbons (Fsp3) is 0.267. The summed E-state index contributed by atoms with van der Waals surface area (Å²) in [7, 11) is 1.91. The molecule has 4 heteroatoms. The van der Waals surface area contributed by atoms with Gasteiger partial charge in [-0.3, -0.25) is 9.88 Å². The van der Waals surface area contributed by atoms with Crippen LogP contribution in [0.5, 0.6) is 0 Å². The van der Waals surface area contributed by atoms with Crippen molar-refractivity contribution in [2.75, 3.05) is 7.05 Å². The van der Waals surface area contributed by atoms with Gasteiger partial charge in [0.2, 0.25) is 0 Å². The van der Waals surface area contributed by atoms with Gasteiger partial charge in [0.1, 0.15) is 11.6 Å². The highest BCUT2D eigenvalue weighted by Crippen LogP contribution is 2.21. The average Bonchev–Trinajstić information content (AvgIpc) is 2.42. The molecule has 2 rings (SSSR count). The van der Waals surface area contributed by atoms with E-state index in [1.165, 1.54) is 12.1 Å². The van der Waals surface area contributed by atoms with E-state index in [0.29, 0.717) is 12.1 Å². The molecule has 1 aromatic heterocycles. The first-order valence-corrected chi connectivity index (χ1v) is 6.12. The SMILES string of the molecule is C[C@H](c1ccncc1)N(C)Cc1ccc(F)cc1F. The van der Waals surface area contributed by atoms with Gasteiger partial charge < -0.3 is 0 Å². The Bertz CT molecular complexity index is 543. The lowest BCUT2D eigenvalue weighted by molar-refractivity contribution is 0.249. The monoisotopic (exact) mass is 262 g/mol. The van der Waals surface area contributed by atoms with Gasteiger partial charge >= 0.3 is 0 Å². The number of nitrogens with zero attached hydrogens (tertiary/aromatic N) is 2. The summed E-state index contributed by atoms with van der Waals surface area (Å²) < 4.78 is 26.4. The molecule has 19 heavy (non-hydrogen) atoms. The molecule has 0 saturated carbocycles. The molecule has 0 fully saturated rings. The van der Waals surface area contributed by atoms with Gasteiger partial charge in [0.25, 0.3) is 0 Å². The van der Waals surface area contributed by atoms with Crippen molar-refractivity contribution in [1.82, 2.24) is 9.88 Å². The van der Waals surface area contributed by atoms with Gasteiger partial charge in [-0.25, -0.2) is 8.78 Å². The highest BCUT2D eigenvalue weighted by atomic mass is 19.1. The molecule has 0 radical (unpaired) electrons. The summed E-state index contributed by atoms with van der Waals surface area (Å²) in [5.74, 6) is -1.06. The predicted molar refractivity (Wildman–Crippen MR) is 70.5 cm³/mol. The standard InChI is InChI=1S/C15H16F2N2/c1-11(12-5-7-18-8-6-12)19(2)10-13-3-4-14(16)9-15(13)17/h3-9,11H,10H2,1-2H3/t11-/m1/s1. The molecule has 0 aliphatic heterocycles. The Labute approximate surface area is 111 Å². The van der Waals surface area contributed by atoms with Crippen LogP contribution in [0.2, 0.25) is 0 Å². The van der Waals surface area contributed by atoms with Crippen LogP contribution in [0, 0.1) is 11.6 Å². The first-order valence-electron chi connectivity index (χ1n) is 6.12. The Morgan fingerprint density at radius 1 is 1.16 bits per heavy atom. The Hall–Kier alpha value is -1.81. The van der Waals surface area contributed by atoms with Crippen LogP contribution in [0.25, 0.3) is 0 Å². The third-order valence-electron chi connectivity index (χ3n) is 3.28. The first-order chi connectivity index (χ1) is 9.08. The minimum Gasteiger partial charge on any atom is -0.295 e. The molecule has 0 aliphatic carbocycles. The quantitative estimate of drug-likeness (QED) is 0.837. The Morgan fingerprint density at radius 3 is 2.47 bits per heavy atom. The van der Waals surface area contributed by atoms with Gasteiger partial charge in [0.05, 0.1) is 0 Å². The van der Waals surface area contributed by atoms with Gasteiger partial charge in [-0.05, 0) is 37.7 Å². The van der Waals surface area contributed by atoms with Crippen LogP contribution >= 0.6 is 0 Å². The van der Waals surface area contributed by atoms with Crippen molar-refractivity contribution in [2.45, 2.75) is 19.5 Å². The molecular formula is C15H16F2N2. The van der Waals surface area contributed by atoms with E-state index < -0.39 is 11.6 Å². The van der Waals surface area contributed by atoms with E-state index in [1.807, 2.05) is 31.0 Å². The van der Waals surface area contributed by atoms with Crippen LogP contribution < -0.4 is 0 Å². The van der Waals surface area contributed by atoms with Crippen LogP contribution in [-0.4, -0.2) is 16.9 Å². The van der Waals surface area contributed by atoms with Gasteiger partial charge in [0, 0.05) is 36.6 Å². The molecule has 0 N–H and O–H groups in total. The van der Waals surface area contributed by atoms with E-state index in [2.05, 4.69) is 4.98 Å². The van der Waals surface area contributed by atoms with E-state index >= 15 is 0 Å². The molecule has 0 amide bonds. The molecule has 0 unspecified atom stereocenters. The third kappa shape index (κ3) is 3.35. The maximum Gasteiger partial charge on any atom is 0.130 e. The normalized spacial score (nSPS) is 12.7. The van der Waals surface area contributed by atoms with E-state index in [4.69, 9.17) is 0 Å². The first kappa shape index (κ1) is 13.6. The Morgan fingerprint density at radius 2 is 1.84 bits per heavy atom. The number of pyridine rings is 1. The van der Waals surface area contributed by atoms with Gasteiger partial charge in [-0.1, -0.05) is 6.07 Å². The van der Waals surface area contributed by atoms with E-state index in [1.54, 1.807) is 12.4 Å². The van der Waals surface area contributed by atoms with Crippen molar-refractivity contribution in [2.24, 2.45) is 0 Å². The second kappa shape index (κ2) is 5.89. The molecule has 0 saturated heterocycles. The minimum atomic E-state index is -0.550. The van der Waals surface area contributed by atoms with Crippen molar-refractivity contribution in [3.8, 4) is 0 Å². The number of hydrogen-bond donors (Lipinski definition) is 0. The van der Waals surface area contributed by atoms with E-state index in [0.717, 1.165) is 11.6 Å². The zero-order chi connectivity index (χ0) is 13.8. The Kier molecular flexibility index (Phi) is 4.22. The smallest absolute Gasteiger partial charge is 0.130 e. The zero-order valence-electron chi connectivity index (χ0n) is 11.0. The van der Waals surface area contributed by atoms with Gasteiger partial charge in [0.15, 0.2) is 0 Å². The number of benzene rings is 1. The number of aromatic nitrogens is 1. The summed E-state index contributed by atoms with van der Waals surface area (Å²) in [5, 5.41) is 0. The fourth-order valence-electron chi connectivity index (χ4n) is 1.95. The fourth-order valence-corrected chi connectivity index (χ4v) is 1.95.